The third kappa shape index (κ3) is 12.3. The highest BCUT2D eigenvalue weighted by Gasteiger charge is 2.38. The summed E-state index contributed by atoms with van der Waals surface area (Å²) < 4.78 is 27.8. The number of hydrogen-bond acceptors (Lipinski definition) is 11. The fourth-order valence-corrected chi connectivity index (χ4v) is 25.4. The zero-order chi connectivity index (χ0) is 90.2. The molecule has 18 aromatic carbocycles. The van der Waals surface area contributed by atoms with E-state index in [1.165, 1.54) is 110 Å². The van der Waals surface area contributed by atoms with Gasteiger partial charge < -0.3 is 8.83 Å². The van der Waals surface area contributed by atoms with Crippen LogP contribution in [0.3, 0.4) is 0 Å². The fraction of sp³-hybridized carbons (Fsp3) is 0.0244. The molecule has 0 bridgehead atoms. The van der Waals surface area contributed by atoms with Crippen LogP contribution < -0.4 is 0 Å². The maximum atomic E-state index is 7.05. The van der Waals surface area contributed by atoms with E-state index in [9.17, 15) is 0 Å². The van der Waals surface area contributed by atoms with Crippen molar-refractivity contribution in [3.8, 4) is 96.5 Å². The minimum absolute atomic E-state index is 0.0952. The van der Waals surface area contributed by atoms with Crippen LogP contribution in [0, 0.1) is 0 Å². The molecule has 11 heterocycles. The van der Waals surface area contributed by atoms with Crippen molar-refractivity contribution in [1.82, 2.24) is 43.6 Å². The van der Waals surface area contributed by atoms with Gasteiger partial charge in [0.1, 0.15) is 22.3 Å². The van der Waals surface area contributed by atoms with Gasteiger partial charge >= 0.3 is 0 Å². The summed E-state index contributed by atoms with van der Waals surface area (Å²) in [6, 6.07) is 147. The molecule has 30 rings (SSSR count). The minimum Gasteiger partial charge on any atom is -0.456 e. The van der Waals surface area contributed by atoms with Crippen LogP contribution in [0.15, 0.2) is 427 Å². The summed E-state index contributed by atoms with van der Waals surface area (Å²) in [6.07, 6.45) is 0. The lowest BCUT2D eigenvalue weighted by atomic mass is 9.82. The second kappa shape index (κ2) is 31.0. The summed E-state index contributed by atoms with van der Waals surface area (Å²) in [7, 11) is 0. The van der Waals surface area contributed by atoms with Crippen molar-refractivity contribution < 1.29 is 8.83 Å². The first-order valence-corrected chi connectivity index (χ1v) is 48.6. The molecule has 11 aromatic heterocycles. The molecule has 29 aromatic rings. The predicted octanol–water partition coefficient (Wildman–Crippen LogP) is 33.9. The Bertz CT molecular complexity index is 9470. The van der Waals surface area contributed by atoms with Crippen molar-refractivity contribution in [1.29, 1.82) is 0 Å². The van der Waals surface area contributed by atoms with Crippen LogP contribution >= 0.6 is 34.0 Å². The third-order valence-electron chi connectivity index (χ3n) is 27.7. The first-order chi connectivity index (χ1) is 67.7. The number of rotatable bonds is 9. The summed E-state index contributed by atoms with van der Waals surface area (Å²) in [5.41, 5.74) is 26.9. The molecule has 0 aliphatic heterocycles. The first-order valence-electron chi connectivity index (χ1n) is 46.1. The van der Waals surface area contributed by atoms with E-state index in [0.29, 0.717) is 17.8 Å². The zero-order valence-electron chi connectivity index (χ0n) is 73.9. The summed E-state index contributed by atoms with van der Waals surface area (Å²) in [6.45, 7) is 4.62. The topological polar surface area (TPSA) is 118 Å². The molecular weight excluding hydrogens is 1730 g/mol. The van der Waals surface area contributed by atoms with E-state index in [0.717, 1.165) is 150 Å². The van der Waals surface area contributed by atoms with Crippen LogP contribution in [0.5, 0.6) is 0 Å². The molecule has 137 heavy (non-hydrogen) atoms. The van der Waals surface area contributed by atoms with E-state index in [1.54, 1.807) is 0 Å². The molecule has 1 aliphatic rings. The predicted molar refractivity (Wildman–Crippen MR) is 573 cm³/mol. The molecule has 0 unspecified atom stereocenters. The van der Waals surface area contributed by atoms with Gasteiger partial charge in [0.05, 0.1) is 72.6 Å². The number of fused-ring (bicyclic) bond motifs is 33. The molecule has 0 saturated carbocycles. The number of para-hydroxylation sites is 4. The zero-order valence-corrected chi connectivity index (χ0v) is 76.4. The summed E-state index contributed by atoms with van der Waals surface area (Å²) in [5.74, 6) is 1.96. The summed E-state index contributed by atoms with van der Waals surface area (Å²) in [5, 5.41) is 19.5. The van der Waals surface area contributed by atoms with E-state index in [1.807, 2.05) is 107 Å². The molecule has 0 radical (unpaired) electrons. The highest BCUT2D eigenvalue weighted by atomic mass is 32.1. The molecular formula is C123H75N9O2S3. The van der Waals surface area contributed by atoms with E-state index >= 15 is 0 Å². The largest absolute Gasteiger partial charge is 0.456 e. The number of hydrogen-bond donors (Lipinski definition) is 0. The highest BCUT2D eigenvalue weighted by molar-refractivity contribution is 7.30. The average molecular weight is 1810 g/mol. The van der Waals surface area contributed by atoms with Crippen molar-refractivity contribution in [3.05, 3.63) is 430 Å². The number of benzene rings is 18. The number of nitrogens with zero attached hydrogens (tertiary/aromatic N) is 9. The summed E-state index contributed by atoms with van der Waals surface area (Å²) in [4.78, 5) is 31.3. The summed E-state index contributed by atoms with van der Waals surface area (Å²) >= 11 is 5.64. The van der Waals surface area contributed by atoms with Gasteiger partial charge in [-0.2, -0.15) is 0 Å². The SMILES string of the molecule is CC1(C)c2ccccc2-c2c1ccc1c2oc2c1ccc1c2c2ccccc2n1-c1nc(-c2ccccc2)cc(-c2ccccc2)n1.c1ccc(-c2cc(-c3ccccc3)nc(-n3c4ccccc4c4c5sc6c(ccc7oc8ccccc8c76)c5ccc43)n2)cc1.c1ccc(-c2cc(-c3ccccc3)nc(-n3c4ccccc4c4c5sc6c(ccc7sc8ccccc8c76)c5ccc43)n2)cc1. The molecule has 642 valence electrons. The fourth-order valence-electron chi connectivity index (χ4n) is 21.4. The Hall–Kier alpha value is -17.1. The monoisotopic (exact) mass is 1810 g/mol. The van der Waals surface area contributed by atoms with Crippen molar-refractivity contribution in [2.45, 2.75) is 19.3 Å². The Labute approximate surface area is 795 Å². The number of aromatic nitrogens is 9. The van der Waals surface area contributed by atoms with Crippen LogP contribution in [0.1, 0.15) is 25.0 Å². The lowest BCUT2D eigenvalue weighted by molar-refractivity contribution is 0.654. The molecule has 0 saturated heterocycles. The van der Waals surface area contributed by atoms with Crippen molar-refractivity contribution in [3.63, 3.8) is 0 Å². The van der Waals surface area contributed by atoms with Crippen LogP contribution in [0.4, 0.5) is 0 Å². The maximum Gasteiger partial charge on any atom is 0.235 e. The van der Waals surface area contributed by atoms with Gasteiger partial charge in [0, 0.05) is 153 Å². The second-order valence-corrected chi connectivity index (χ2v) is 38.9. The van der Waals surface area contributed by atoms with Crippen molar-refractivity contribution in [2.75, 3.05) is 0 Å². The van der Waals surface area contributed by atoms with Gasteiger partial charge in [0.15, 0.2) is 0 Å². The van der Waals surface area contributed by atoms with Gasteiger partial charge in [-0.3, -0.25) is 13.7 Å². The van der Waals surface area contributed by atoms with Gasteiger partial charge in [-0.25, -0.2) is 29.9 Å². The Morgan fingerprint density at radius 2 is 0.562 bits per heavy atom. The van der Waals surface area contributed by atoms with Crippen LogP contribution in [0.25, 0.3) is 266 Å². The lowest BCUT2D eigenvalue weighted by Gasteiger charge is -2.21. The normalized spacial score (nSPS) is 12.5. The standard InChI is InChI=1S/C43H29N3O.C40H23N3OS.C40H23N3S2/c1-43(2)32-19-11-9-17-30(32)38-33(43)23-21-28-29-22-24-37-39(41(29)47-40(28)38)31-18-10-12-20-36(31)46(37)42-44-34(26-13-5-3-6-14-26)25-35(45-42)27-15-7-4-8-16-27;2*1-3-11-24(12-4-1)30-23-31(25-13-5-2-6-14-25)42-40(41-30)43-32-17-9-7-15-28(32)36-33(43)21-19-26-27-20-22-35-37(39(27)45-38(26)36)29-16-8-10-18-34(29)44-35/h3-25H,1-2H3;2*1-23H. The van der Waals surface area contributed by atoms with Crippen LogP contribution in [-0.2, 0) is 5.41 Å². The molecule has 0 amide bonds. The van der Waals surface area contributed by atoms with Gasteiger partial charge in [0.25, 0.3) is 0 Å². The number of furan rings is 2. The Balaban J connectivity index is 0.000000102. The quantitative estimate of drug-likeness (QED) is 0.140. The molecule has 1 aliphatic carbocycles. The smallest absolute Gasteiger partial charge is 0.235 e. The Kier molecular flexibility index (Phi) is 17.8. The van der Waals surface area contributed by atoms with E-state index in [-0.39, 0.29) is 5.41 Å². The van der Waals surface area contributed by atoms with Crippen LogP contribution in [-0.4, -0.2) is 43.6 Å². The Morgan fingerprint density at radius 3 is 1.03 bits per heavy atom. The molecule has 0 fully saturated rings. The van der Waals surface area contributed by atoms with Gasteiger partial charge in [-0.15, -0.1) is 34.0 Å². The van der Waals surface area contributed by atoms with Gasteiger partial charge in [0.2, 0.25) is 17.8 Å². The molecule has 14 heteroatoms. The van der Waals surface area contributed by atoms with Gasteiger partial charge in [-0.05, 0) is 108 Å². The van der Waals surface area contributed by atoms with E-state index in [4.69, 9.17) is 38.7 Å². The van der Waals surface area contributed by atoms with E-state index in [2.05, 4.69) is 373 Å². The average Bonchev–Trinajstić information content (AvgIpc) is 1.55. The third-order valence-corrected chi connectivity index (χ3v) is 31.4. The maximum absolute atomic E-state index is 7.05. The van der Waals surface area contributed by atoms with Crippen molar-refractivity contribution in [2.24, 2.45) is 0 Å². The van der Waals surface area contributed by atoms with Crippen molar-refractivity contribution >= 4 is 204 Å². The molecule has 0 atom stereocenters. The highest BCUT2D eigenvalue weighted by Crippen LogP contribution is 2.56. The molecule has 11 nitrogen and oxygen atoms in total. The van der Waals surface area contributed by atoms with E-state index < -0.39 is 0 Å². The Morgan fingerprint density at radius 1 is 0.219 bits per heavy atom. The molecule has 0 N–H and O–H groups in total. The molecule has 0 spiro atoms. The number of thiophene rings is 3. The lowest BCUT2D eigenvalue weighted by Crippen LogP contribution is -2.14. The second-order valence-electron chi connectivity index (χ2n) is 35.7. The van der Waals surface area contributed by atoms with Gasteiger partial charge in [-0.1, -0.05) is 341 Å². The van der Waals surface area contributed by atoms with Crippen LogP contribution in [0.2, 0.25) is 0 Å². The first kappa shape index (κ1) is 78.5. The minimum atomic E-state index is -0.0952.